The van der Waals surface area contributed by atoms with E-state index in [9.17, 15) is 18.0 Å². The van der Waals surface area contributed by atoms with Gasteiger partial charge in [-0.15, -0.1) is 0 Å². The first-order valence-corrected chi connectivity index (χ1v) is 15.5. The lowest BCUT2D eigenvalue weighted by Crippen LogP contribution is -2.54. The fourth-order valence-electron chi connectivity index (χ4n) is 7.87. The second kappa shape index (κ2) is 11.7. The van der Waals surface area contributed by atoms with Crippen LogP contribution >= 0.6 is 0 Å². The number of aromatic nitrogens is 2. The predicted molar refractivity (Wildman–Crippen MR) is 160 cm³/mol. The van der Waals surface area contributed by atoms with Crippen molar-refractivity contribution in [2.24, 2.45) is 5.92 Å². The van der Waals surface area contributed by atoms with Crippen molar-refractivity contribution in [2.45, 2.75) is 76.9 Å². The van der Waals surface area contributed by atoms with E-state index < -0.39 is 29.2 Å². The third kappa shape index (κ3) is 5.73. The van der Waals surface area contributed by atoms with Gasteiger partial charge in [0.05, 0.1) is 35.2 Å². The molecule has 1 unspecified atom stereocenters. The van der Waals surface area contributed by atoms with Crippen molar-refractivity contribution in [1.82, 2.24) is 19.8 Å². The molecule has 0 radical (unpaired) electrons. The third-order valence-electron chi connectivity index (χ3n) is 9.85. The monoisotopic (exact) mass is 632 g/mol. The van der Waals surface area contributed by atoms with E-state index in [1.165, 1.54) is 13.0 Å². The number of nitrogen functional groups attached to an aromatic ring is 1. The lowest BCUT2D eigenvalue weighted by molar-refractivity contribution is -0.140. The number of hydrogen-bond donors (Lipinski definition) is 1. The van der Waals surface area contributed by atoms with Crippen LogP contribution in [0.1, 0.15) is 67.2 Å². The number of nitrogens with two attached hydrogens (primary N) is 1. The summed E-state index contributed by atoms with van der Waals surface area (Å²) in [5.41, 5.74) is 4.51. The second-order valence-electron chi connectivity index (χ2n) is 13.0. The molecule has 0 saturated carbocycles. The Labute approximate surface area is 260 Å². The molecule has 4 atom stereocenters. The Hall–Kier alpha value is -3.45. The molecule has 4 aliphatic heterocycles. The molecule has 13 heteroatoms. The number of aryl methyl sites for hydroxylation is 1. The van der Waals surface area contributed by atoms with E-state index in [2.05, 4.69) is 18.4 Å². The fraction of sp³-hybridized carbons (Fsp3) is 0.594. The van der Waals surface area contributed by atoms with Gasteiger partial charge in [-0.1, -0.05) is 13.5 Å². The summed E-state index contributed by atoms with van der Waals surface area (Å²) in [6.45, 7) is 12.7. The van der Waals surface area contributed by atoms with E-state index in [-0.39, 0.29) is 47.8 Å². The van der Waals surface area contributed by atoms with Crippen molar-refractivity contribution in [2.75, 3.05) is 50.0 Å². The van der Waals surface area contributed by atoms with E-state index in [1.807, 2.05) is 11.8 Å². The van der Waals surface area contributed by atoms with Gasteiger partial charge >= 0.3 is 12.2 Å². The largest absolute Gasteiger partial charge is 0.461 e. The molecule has 0 spiro atoms. The second-order valence-corrected chi connectivity index (χ2v) is 13.0. The molecule has 1 amide bonds. The molecule has 0 bridgehead atoms. The molecule has 5 heterocycles. The number of benzene rings is 1. The van der Waals surface area contributed by atoms with Gasteiger partial charge < -0.3 is 25.0 Å². The molecule has 3 fully saturated rings. The maximum absolute atomic E-state index is 15.4. The molecule has 9 nitrogen and oxygen atoms in total. The van der Waals surface area contributed by atoms with Gasteiger partial charge in [0.15, 0.2) is 5.82 Å². The highest BCUT2D eigenvalue weighted by molar-refractivity contribution is 5.87. The van der Waals surface area contributed by atoms with E-state index >= 15 is 4.39 Å². The normalized spacial score (nSPS) is 27.0. The lowest BCUT2D eigenvalue weighted by Gasteiger charge is -2.41. The number of hydrogen-bond acceptors (Lipinski definition) is 8. The molecule has 1 aromatic heterocycles. The first-order valence-electron chi connectivity index (χ1n) is 15.5. The number of fused-ring (bicyclic) bond motifs is 2. The number of nitrogens with zero attached hydrogens (tertiary/aromatic N) is 5. The van der Waals surface area contributed by atoms with Gasteiger partial charge in [-0.3, -0.25) is 9.69 Å². The molecule has 45 heavy (non-hydrogen) atoms. The van der Waals surface area contributed by atoms with Gasteiger partial charge in [0.2, 0.25) is 5.91 Å². The zero-order chi connectivity index (χ0) is 32.3. The Morgan fingerprint density at radius 2 is 2.02 bits per heavy atom. The van der Waals surface area contributed by atoms with Gasteiger partial charge in [-0.2, -0.15) is 23.1 Å². The first-order chi connectivity index (χ1) is 21.3. The Morgan fingerprint density at radius 3 is 2.73 bits per heavy atom. The number of piperazine rings is 1. The van der Waals surface area contributed by atoms with Crippen LogP contribution in [0.4, 0.5) is 29.1 Å². The smallest absolute Gasteiger partial charge is 0.417 e. The van der Waals surface area contributed by atoms with Crippen LogP contribution in [-0.2, 0) is 28.7 Å². The zero-order valence-corrected chi connectivity index (χ0v) is 25.9. The maximum atomic E-state index is 15.4. The Bertz CT molecular complexity index is 1500. The van der Waals surface area contributed by atoms with Crippen LogP contribution < -0.4 is 15.4 Å². The average Bonchev–Trinajstić information content (AvgIpc) is 3.51. The number of amides is 1. The van der Waals surface area contributed by atoms with Crippen LogP contribution in [0.25, 0.3) is 0 Å². The van der Waals surface area contributed by atoms with Crippen molar-refractivity contribution in [3.63, 3.8) is 0 Å². The number of anilines is 2. The lowest BCUT2D eigenvalue weighted by atomic mass is 9.91. The SMILES string of the molecule is C=CC(=O)N1CCN(c2nc(OC[C@@]34CCCN3C[C@H](C)C4)nc3c2COC(c2c(F)c(N)cc(C)c2C(F)(F)F)C3)[C@@H](C)C1. The molecule has 0 aliphatic carbocycles. The summed E-state index contributed by atoms with van der Waals surface area (Å²) in [5, 5.41) is 0. The minimum Gasteiger partial charge on any atom is -0.461 e. The van der Waals surface area contributed by atoms with Crippen LogP contribution in [0.3, 0.4) is 0 Å². The number of rotatable bonds is 6. The summed E-state index contributed by atoms with van der Waals surface area (Å²) in [6.07, 6.45) is -1.82. The molecular formula is C32H40F4N6O3. The number of ether oxygens (including phenoxy) is 2. The van der Waals surface area contributed by atoms with Gasteiger partial charge in [0.1, 0.15) is 12.4 Å². The van der Waals surface area contributed by atoms with Crippen molar-refractivity contribution in [3.05, 3.63) is 52.5 Å². The Balaban J connectivity index is 1.37. The minimum absolute atomic E-state index is 0.0989. The molecule has 6 rings (SSSR count). The summed E-state index contributed by atoms with van der Waals surface area (Å²) in [6, 6.07) is 0.984. The molecule has 4 aliphatic rings. The summed E-state index contributed by atoms with van der Waals surface area (Å²) in [7, 11) is 0. The standard InChI is InChI=1S/C32H40F4N6O3/c1-5-25(43)40-9-10-42(20(4)15-40)29-21-16-44-24(26-27(32(34,35)36)19(3)11-22(37)28(26)33)12-23(21)38-30(39-29)45-17-31-7-6-8-41(31)14-18(2)13-31/h5,11,18,20,24H,1,6-10,12-17,37H2,2-4H3/t18-,20+,24?,31+/m1/s1. The maximum Gasteiger partial charge on any atom is 0.417 e. The molecular weight excluding hydrogens is 592 g/mol. The van der Waals surface area contributed by atoms with Crippen molar-refractivity contribution in [3.8, 4) is 6.01 Å². The fourth-order valence-corrected chi connectivity index (χ4v) is 7.87. The molecule has 244 valence electrons. The van der Waals surface area contributed by atoms with Gasteiger partial charge in [-0.05, 0) is 63.3 Å². The van der Waals surface area contributed by atoms with Crippen LogP contribution in [-0.4, -0.2) is 76.6 Å². The molecule has 1 aromatic carbocycles. The summed E-state index contributed by atoms with van der Waals surface area (Å²) < 4.78 is 70.4. The summed E-state index contributed by atoms with van der Waals surface area (Å²) >= 11 is 0. The Kier molecular flexibility index (Phi) is 8.22. The molecule has 2 aromatic rings. The highest BCUT2D eigenvalue weighted by Crippen LogP contribution is 2.45. The van der Waals surface area contributed by atoms with Crippen molar-refractivity contribution in [1.29, 1.82) is 0 Å². The van der Waals surface area contributed by atoms with E-state index in [0.717, 1.165) is 38.4 Å². The minimum atomic E-state index is -4.81. The van der Waals surface area contributed by atoms with Crippen LogP contribution in [0, 0.1) is 18.7 Å². The Morgan fingerprint density at radius 1 is 1.24 bits per heavy atom. The van der Waals surface area contributed by atoms with Crippen LogP contribution in [0.15, 0.2) is 18.7 Å². The number of carbonyl (C=O) groups excluding carboxylic acids is 1. The van der Waals surface area contributed by atoms with Crippen molar-refractivity contribution >= 4 is 17.4 Å². The van der Waals surface area contributed by atoms with Gasteiger partial charge in [0, 0.05) is 49.8 Å². The zero-order valence-electron chi connectivity index (χ0n) is 25.9. The van der Waals surface area contributed by atoms with Crippen LogP contribution in [0.2, 0.25) is 0 Å². The molecule has 2 N–H and O–H groups in total. The highest BCUT2D eigenvalue weighted by atomic mass is 19.4. The number of alkyl halides is 3. The van der Waals surface area contributed by atoms with Gasteiger partial charge in [0.25, 0.3) is 0 Å². The number of halogens is 4. The summed E-state index contributed by atoms with van der Waals surface area (Å²) in [4.78, 5) is 28.1. The topological polar surface area (TPSA) is 97.0 Å². The van der Waals surface area contributed by atoms with E-state index in [1.54, 1.807) is 4.90 Å². The quantitative estimate of drug-likeness (QED) is 0.275. The van der Waals surface area contributed by atoms with Crippen molar-refractivity contribution < 1.29 is 31.8 Å². The molecule has 3 saturated heterocycles. The third-order valence-corrected chi connectivity index (χ3v) is 9.85. The van der Waals surface area contributed by atoms with Gasteiger partial charge in [-0.25, -0.2) is 4.39 Å². The highest BCUT2D eigenvalue weighted by Gasteiger charge is 2.48. The first kappa shape index (κ1) is 31.5. The summed E-state index contributed by atoms with van der Waals surface area (Å²) in [5.74, 6) is -0.207. The van der Waals surface area contributed by atoms with E-state index in [0.29, 0.717) is 49.2 Å². The van der Waals surface area contributed by atoms with Crippen LogP contribution in [0.5, 0.6) is 6.01 Å². The number of carbonyl (C=O) groups is 1. The van der Waals surface area contributed by atoms with E-state index in [4.69, 9.17) is 25.2 Å². The predicted octanol–water partition coefficient (Wildman–Crippen LogP) is 4.82. The average molecular weight is 633 g/mol.